The van der Waals surface area contributed by atoms with Gasteiger partial charge in [-0.15, -0.1) is 0 Å². The van der Waals surface area contributed by atoms with Gasteiger partial charge in [-0.1, -0.05) is 0 Å². The van der Waals surface area contributed by atoms with Crippen LogP contribution in [0.15, 0.2) is 0 Å². The molecule has 5 heteroatoms. The largest absolute Gasteiger partial charge is 0.392 e. The van der Waals surface area contributed by atoms with Crippen LogP contribution < -0.4 is 0 Å². The van der Waals surface area contributed by atoms with Crippen LogP contribution in [0, 0.1) is 0 Å². The Bertz CT molecular complexity index is 266. The second-order valence-electron chi connectivity index (χ2n) is 4.90. The molecule has 0 bridgehead atoms. The summed E-state index contributed by atoms with van der Waals surface area (Å²) in [5.41, 5.74) is 0. The minimum atomic E-state index is -0.274. The molecule has 2 aliphatic heterocycles. The zero-order valence-corrected chi connectivity index (χ0v) is 10.5. The van der Waals surface area contributed by atoms with Crippen molar-refractivity contribution in [2.45, 2.75) is 31.9 Å². The van der Waals surface area contributed by atoms with Gasteiger partial charge in [-0.05, 0) is 26.3 Å². The number of β-amino-alcohol motifs (C(OH)–C–C–N with tert-alkyl or cyclic N) is 1. The number of nitrogens with zero attached hydrogens (tertiary/aromatic N) is 2. The molecule has 2 saturated heterocycles. The number of aliphatic hydroxyl groups is 1. The number of piperidine rings is 1. The molecule has 2 heterocycles. The molecule has 0 radical (unpaired) electrons. The maximum absolute atomic E-state index is 12.3. The maximum atomic E-state index is 12.3. The quantitative estimate of drug-likeness (QED) is 0.722. The van der Waals surface area contributed by atoms with E-state index in [4.69, 9.17) is 4.74 Å². The summed E-state index contributed by atoms with van der Waals surface area (Å²) in [7, 11) is 0. The number of morpholine rings is 1. The average Bonchev–Trinajstić information content (AvgIpc) is 2.38. The third-order valence-electron chi connectivity index (χ3n) is 3.66. The van der Waals surface area contributed by atoms with Gasteiger partial charge in [0.1, 0.15) is 0 Å². The molecule has 2 fully saturated rings. The minimum Gasteiger partial charge on any atom is -0.392 e. The Morgan fingerprint density at radius 3 is 2.71 bits per heavy atom. The van der Waals surface area contributed by atoms with Crippen molar-refractivity contribution >= 4 is 5.91 Å². The van der Waals surface area contributed by atoms with Crippen LogP contribution in [0.3, 0.4) is 0 Å². The SMILES string of the molecule is CC(C(=O)N1CCOCC1)N1CCC[C@H](O)C1. The van der Waals surface area contributed by atoms with Gasteiger partial charge in [-0.2, -0.15) is 0 Å². The maximum Gasteiger partial charge on any atom is 0.239 e. The van der Waals surface area contributed by atoms with Crippen molar-refractivity contribution in [2.75, 3.05) is 39.4 Å². The topological polar surface area (TPSA) is 53.0 Å². The Hall–Kier alpha value is -0.650. The van der Waals surface area contributed by atoms with Crippen LogP contribution in [0.1, 0.15) is 19.8 Å². The van der Waals surface area contributed by atoms with Gasteiger partial charge >= 0.3 is 0 Å². The molecule has 2 aliphatic rings. The first-order valence-corrected chi connectivity index (χ1v) is 6.47. The van der Waals surface area contributed by atoms with Gasteiger partial charge in [-0.3, -0.25) is 9.69 Å². The van der Waals surface area contributed by atoms with Crippen LogP contribution in [0.25, 0.3) is 0 Å². The summed E-state index contributed by atoms with van der Waals surface area (Å²) >= 11 is 0. The highest BCUT2D eigenvalue weighted by Gasteiger charge is 2.29. The van der Waals surface area contributed by atoms with Crippen molar-refractivity contribution in [3.63, 3.8) is 0 Å². The normalized spacial score (nSPS) is 29.1. The highest BCUT2D eigenvalue weighted by molar-refractivity contribution is 5.81. The number of hydrogen-bond acceptors (Lipinski definition) is 4. The lowest BCUT2D eigenvalue weighted by atomic mass is 10.1. The molecular weight excluding hydrogens is 220 g/mol. The first kappa shape index (κ1) is 12.8. The molecule has 5 nitrogen and oxygen atoms in total. The fourth-order valence-electron chi connectivity index (χ4n) is 2.54. The van der Waals surface area contributed by atoms with Crippen LogP contribution in [0.5, 0.6) is 0 Å². The van der Waals surface area contributed by atoms with Crippen molar-refractivity contribution in [1.29, 1.82) is 0 Å². The first-order valence-electron chi connectivity index (χ1n) is 6.47. The van der Waals surface area contributed by atoms with E-state index in [1.54, 1.807) is 0 Å². The van der Waals surface area contributed by atoms with Crippen molar-refractivity contribution < 1.29 is 14.6 Å². The van der Waals surface area contributed by atoms with E-state index in [9.17, 15) is 9.90 Å². The van der Waals surface area contributed by atoms with E-state index < -0.39 is 0 Å². The average molecular weight is 242 g/mol. The van der Waals surface area contributed by atoms with Gasteiger partial charge in [0.15, 0.2) is 0 Å². The fraction of sp³-hybridized carbons (Fsp3) is 0.917. The number of hydrogen-bond donors (Lipinski definition) is 1. The molecule has 1 N–H and O–H groups in total. The molecule has 0 aromatic carbocycles. The zero-order valence-electron chi connectivity index (χ0n) is 10.5. The van der Waals surface area contributed by atoms with E-state index in [0.29, 0.717) is 32.8 Å². The highest BCUT2D eigenvalue weighted by Crippen LogP contribution is 2.14. The Balaban J connectivity index is 1.89. The number of amides is 1. The minimum absolute atomic E-state index is 0.122. The summed E-state index contributed by atoms with van der Waals surface area (Å²) in [5.74, 6) is 0.169. The molecule has 1 amide bonds. The third-order valence-corrected chi connectivity index (χ3v) is 3.66. The summed E-state index contributed by atoms with van der Waals surface area (Å²) in [6, 6.07) is -0.122. The van der Waals surface area contributed by atoms with E-state index in [-0.39, 0.29) is 18.1 Å². The molecule has 17 heavy (non-hydrogen) atoms. The summed E-state index contributed by atoms with van der Waals surface area (Å²) in [6.07, 6.45) is 1.56. The number of carbonyl (C=O) groups is 1. The molecule has 2 atom stereocenters. The van der Waals surface area contributed by atoms with Crippen LogP contribution in [0.2, 0.25) is 0 Å². The smallest absolute Gasteiger partial charge is 0.239 e. The number of likely N-dealkylation sites (tertiary alicyclic amines) is 1. The molecule has 0 spiro atoms. The third kappa shape index (κ3) is 3.18. The second kappa shape index (κ2) is 5.80. The lowest BCUT2D eigenvalue weighted by molar-refractivity contribution is -0.141. The molecule has 1 unspecified atom stereocenters. The van der Waals surface area contributed by atoms with E-state index in [1.807, 2.05) is 11.8 Å². The van der Waals surface area contributed by atoms with Crippen molar-refractivity contribution in [2.24, 2.45) is 0 Å². The van der Waals surface area contributed by atoms with Gasteiger partial charge in [-0.25, -0.2) is 0 Å². The van der Waals surface area contributed by atoms with E-state index in [0.717, 1.165) is 19.4 Å². The second-order valence-corrected chi connectivity index (χ2v) is 4.90. The Kier molecular flexibility index (Phi) is 4.36. The van der Waals surface area contributed by atoms with Crippen molar-refractivity contribution in [3.05, 3.63) is 0 Å². The van der Waals surface area contributed by atoms with Crippen LogP contribution >= 0.6 is 0 Å². The van der Waals surface area contributed by atoms with Crippen LogP contribution in [0.4, 0.5) is 0 Å². The van der Waals surface area contributed by atoms with E-state index >= 15 is 0 Å². The van der Waals surface area contributed by atoms with Gasteiger partial charge < -0.3 is 14.7 Å². The summed E-state index contributed by atoms with van der Waals surface area (Å²) < 4.78 is 5.24. The van der Waals surface area contributed by atoms with E-state index in [1.165, 1.54) is 0 Å². The predicted molar refractivity (Wildman–Crippen MR) is 63.7 cm³/mol. The molecular formula is C12H22N2O3. The molecule has 0 aliphatic carbocycles. The van der Waals surface area contributed by atoms with E-state index in [2.05, 4.69) is 4.90 Å². The van der Waals surface area contributed by atoms with Gasteiger partial charge in [0.2, 0.25) is 5.91 Å². The molecule has 98 valence electrons. The van der Waals surface area contributed by atoms with Gasteiger partial charge in [0.25, 0.3) is 0 Å². The monoisotopic (exact) mass is 242 g/mol. The van der Waals surface area contributed by atoms with Crippen molar-refractivity contribution in [1.82, 2.24) is 9.80 Å². The fourth-order valence-corrected chi connectivity index (χ4v) is 2.54. The number of carbonyl (C=O) groups excluding carboxylic acids is 1. The van der Waals surface area contributed by atoms with Crippen LogP contribution in [-0.4, -0.2) is 72.4 Å². The number of rotatable bonds is 2. The summed E-state index contributed by atoms with van der Waals surface area (Å²) in [5, 5.41) is 9.63. The molecule has 0 aromatic heterocycles. The van der Waals surface area contributed by atoms with Gasteiger partial charge in [0.05, 0.1) is 25.4 Å². The molecule has 0 saturated carbocycles. The number of aliphatic hydroxyl groups excluding tert-OH is 1. The van der Waals surface area contributed by atoms with Crippen LogP contribution in [-0.2, 0) is 9.53 Å². The number of ether oxygens (including phenoxy) is 1. The molecule has 2 rings (SSSR count). The Morgan fingerprint density at radius 1 is 1.35 bits per heavy atom. The Morgan fingerprint density at radius 2 is 2.06 bits per heavy atom. The lowest BCUT2D eigenvalue weighted by Crippen LogP contribution is -2.53. The lowest BCUT2D eigenvalue weighted by Gasteiger charge is -2.37. The highest BCUT2D eigenvalue weighted by atomic mass is 16.5. The van der Waals surface area contributed by atoms with Gasteiger partial charge in [0, 0.05) is 19.6 Å². The summed E-state index contributed by atoms with van der Waals surface area (Å²) in [6.45, 7) is 6.14. The zero-order chi connectivity index (χ0) is 12.3. The predicted octanol–water partition coefficient (Wildman–Crippen LogP) is -0.310. The summed E-state index contributed by atoms with van der Waals surface area (Å²) in [4.78, 5) is 16.2. The Labute approximate surface area is 102 Å². The van der Waals surface area contributed by atoms with Crippen molar-refractivity contribution in [3.8, 4) is 0 Å². The first-order chi connectivity index (χ1) is 8.18. The molecule has 0 aromatic rings. The standard InChI is InChI=1S/C12H22N2O3/c1-10(14-4-2-3-11(15)9-14)12(16)13-5-7-17-8-6-13/h10-11,15H,2-9H2,1H3/t10?,11-/m0/s1.